The molecule has 11 aliphatic rings. The molecule has 6 aliphatic heterocycles. The minimum absolute atomic E-state index is 0.0151. The second-order valence-corrected chi connectivity index (χ2v) is 34.7. The van der Waals surface area contributed by atoms with Gasteiger partial charge in [0, 0.05) is 78.9 Å². The number of benzene rings is 3. The number of piperidine rings is 4. The van der Waals surface area contributed by atoms with Gasteiger partial charge in [0.25, 0.3) is 16.7 Å². The van der Waals surface area contributed by atoms with Crippen molar-refractivity contribution in [3.05, 3.63) is 121 Å². The minimum Gasteiger partial charge on any atom is -0.481 e. The van der Waals surface area contributed by atoms with Crippen LogP contribution < -0.4 is 16.7 Å². The zero-order valence-corrected chi connectivity index (χ0v) is 65.3. The van der Waals surface area contributed by atoms with Crippen LogP contribution in [-0.2, 0) is 24.1 Å². The highest BCUT2D eigenvalue weighted by Gasteiger charge is 2.50. The first-order chi connectivity index (χ1) is 54.6. The van der Waals surface area contributed by atoms with Crippen LogP contribution in [0.5, 0.6) is 0 Å². The van der Waals surface area contributed by atoms with Crippen LogP contribution in [0, 0.1) is 23.7 Å². The van der Waals surface area contributed by atoms with E-state index in [1.807, 2.05) is 75.9 Å². The monoisotopic (exact) mass is 1540 g/mol. The van der Waals surface area contributed by atoms with Crippen molar-refractivity contribution in [3.63, 3.8) is 0 Å². The van der Waals surface area contributed by atoms with Crippen molar-refractivity contribution in [2.75, 3.05) is 20.3 Å². The largest absolute Gasteiger partial charge is 0.481 e. The lowest BCUT2D eigenvalue weighted by Gasteiger charge is -2.53. The van der Waals surface area contributed by atoms with Crippen molar-refractivity contribution in [2.24, 2.45) is 39.1 Å². The third kappa shape index (κ3) is 17.1. The molecule has 15 atom stereocenters. The van der Waals surface area contributed by atoms with Crippen LogP contribution in [0.1, 0.15) is 279 Å². The van der Waals surface area contributed by atoms with Gasteiger partial charge in [-0.05, 0) is 188 Å². The number of aliphatic hydroxyl groups excluding tert-OH is 1. The van der Waals surface area contributed by atoms with E-state index in [1.54, 1.807) is 10.6 Å². The predicted octanol–water partition coefficient (Wildman–Crippen LogP) is 14.0. The maximum Gasteiger partial charge on any atom is 0.360 e. The average Bonchev–Trinajstić information content (AvgIpc) is 1.40. The van der Waals surface area contributed by atoms with E-state index in [4.69, 9.17) is 19.9 Å². The Balaban J connectivity index is 0.000000133. The number of carboxylic acids is 3. The van der Waals surface area contributed by atoms with Crippen molar-refractivity contribution in [1.82, 2.24) is 43.4 Å². The molecule has 6 saturated heterocycles. The summed E-state index contributed by atoms with van der Waals surface area (Å²) in [6.07, 6.45) is 44.8. The number of para-hydroxylation sites is 6. The average molecular weight is 1540 g/mol. The van der Waals surface area contributed by atoms with Crippen molar-refractivity contribution in [2.45, 2.75) is 316 Å². The van der Waals surface area contributed by atoms with Crippen LogP contribution in [0.4, 0.5) is 0 Å². The smallest absolute Gasteiger partial charge is 0.360 e. The molecule has 112 heavy (non-hydrogen) atoms. The molecule has 25 nitrogen and oxygen atoms in total. The number of nitrogens with zero attached hydrogens (tertiary/aromatic N) is 12. The van der Waals surface area contributed by atoms with Gasteiger partial charge in [0.2, 0.25) is 11.4 Å². The Bertz CT molecular complexity index is 4550. The number of aliphatic carboxylic acids is 3. The summed E-state index contributed by atoms with van der Waals surface area (Å²) in [7, 11) is 1.28. The SMILES string of the molecule is CO/N=C(\C(=O)O)c1nc2ccccc2n(C2C[C@H]3CC[C@@H](C2)N3C2C[C@H]3CCCC[C@@H](C2)C3)c1=O.O=C(O)/C(=N\OCCO)c1nc2ccccc2n(C2C[C@H]3CC[C@@H](C2)N3C2C[C@H]3CCCC[C@@H](C2)C3)c1=O.O=C(O)CC/C(=N\O)c1nc2ccccc2n(C2C[C@H]3CCC[C@@H](C2)N3C2CCCCCCCCC2)c1=O. The highest BCUT2D eigenvalue weighted by Crippen LogP contribution is 2.51. The topological polar surface area (TPSA) is 322 Å². The lowest BCUT2D eigenvalue weighted by Crippen LogP contribution is -2.57. The number of rotatable bonds is 18. The van der Waals surface area contributed by atoms with E-state index in [2.05, 4.69) is 45.1 Å². The lowest BCUT2D eigenvalue weighted by molar-refractivity contribution is -0.137. The van der Waals surface area contributed by atoms with Gasteiger partial charge in [-0.25, -0.2) is 24.5 Å². The maximum absolute atomic E-state index is 13.9. The van der Waals surface area contributed by atoms with Crippen LogP contribution in [0.25, 0.3) is 33.1 Å². The number of hydrogen-bond acceptors (Lipinski definition) is 19. The summed E-state index contributed by atoms with van der Waals surface area (Å²) >= 11 is 0. The van der Waals surface area contributed by atoms with Gasteiger partial charge in [0.05, 0.1) is 46.1 Å². The molecule has 0 radical (unpaired) electrons. The third-order valence-corrected chi connectivity index (χ3v) is 27.9. The van der Waals surface area contributed by atoms with Gasteiger partial charge in [-0.1, -0.05) is 155 Å². The number of oxime groups is 3. The number of fused-ring (bicyclic) bond motifs is 13. The van der Waals surface area contributed by atoms with Crippen LogP contribution in [0.15, 0.2) is 103 Å². The van der Waals surface area contributed by atoms with Gasteiger partial charge in [0.1, 0.15) is 19.4 Å². The van der Waals surface area contributed by atoms with E-state index >= 15 is 0 Å². The van der Waals surface area contributed by atoms with E-state index in [-0.39, 0.29) is 72.5 Å². The van der Waals surface area contributed by atoms with E-state index < -0.39 is 40.4 Å². The molecule has 0 spiro atoms. The summed E-state index contributed by atoms with van der Waals surface area (Å²) < 4.78 is 5.49. The molecule has 6 aromatic rings. The van der Waals surface area contributed by atoms with Gasteiger partial charge in [-0.2, -0.15) is 0 Å². The van der Waals surface area contributed by atoms with Crippen LogP contribution in [0.2, 0.25) is 0 Å². The normalized spacial score (nSPS) is 30.3. The van der Waals surface area contributed by atoms with Crippen molar-refractivity contribution < 1.29 is 49.7 Å². The number of aliphatic hydroxyl groups is 1. The Labute approximate surface area is 654 Å². The fourth-order valence-corrected chi connectivity index (χ4v) is 23.6. The summed E-state index contributed by atoms with van der Waals surface area (Å²) in [5.74, 6) is -0.202. The second kappa shape index (κ2) is 36.1. The molecule has 5 saturated carbocycles. The Kier molecular flexibility index (Phi) is 25.4. The molecular weight excluding hydrogens is 1420 g/mol. The first-order valence-corrected chi connectivity index (χ1v) is 42.8. The second-order valence-electron chi connectivity index (χ2n) is 34.7. The molecule has 5 unspecified atom stereocenters. The molecule has 10 bridgehead atoms. The Morgan fingerprint density at radius 1 is 0.393 bits per heavy atom. The molecule has 11 fully saturated rings. The van der Waals surface area contributed by atoms with E-state index in [9.17, 15) is 44.2 Å². The van der Waals surface area contributed by atoms with Crippen LogP contribution >= 0.6 is 0 Å². The van der Waals surface area contributed by atoms with Crippen LogP contribution in [0.3, 0.4) is 0 Å². The highest BCUT2D eigenvalue weighted by atomic mass is 16.6. The Morgan fingerprint density at radius 2 is 0.732 bits per heavy atom. The summed E-state index contributed by atoms with van der Waals surface area (Å²) in [6, 6.07) is 27.4. The maximum atomic E-state index is 13.9. The number of aromatic nitrogens is 6. The zero-order chi connectivity index (χ0) is 77.5. The molecule has 5 N–H and O–H groups in total. The molecule has 3 aromatic carbocycles. The van der Waals surface area contributed by atoms with Gasteiger partial charge in [-0.15, -0.1) is 0 Å². The van der Waals surface area contributed by atoms with E-state index in [0.29, 0.717) is 70.9 Å². The zero-order valence-electron chi connectivity index (χ0n) is 65.3. The Morgan fingerprint density at radius 3 is 1.11 bits per heavy atom. The predicted molar refractivity (Wildman–Crippen MR) is 428 cm³/mol. The fraction of sp³-hybridized carbons (Fsp3) is 0.655. The molecule has 0 amide bonds. The highest BCUT2D eigenvalue weighted by molar-refractivity contribution is 6.42. The van der Waals surface area contributed by atoms with Crippen molar-refractivity contribution in [1.29, 1.82) is 0 Å². The van der Waals surface area contributed by atoms with Crippen molar-refractivity contribution in [3.8, 4) is 0 Å². The molecule has 3 aromatic heterocycles. The first kappa shape index (κ1) is 79.0. The van der Waals surface area contributed by atoms with Crippen LogP contribution in [-0.4, -0.2) is 179 Å². The van der Waals surface area contributed by atoms with E-state index in [1.165, 1.54) is 187 Å². The lowest BCUT2D eigenvalue weighted by atomic mass is 9.76. The molecule has 9 heterocycles. The summed E-state index contributed by atoms with van der Waals surface area (Å²) in [5, 5.41) is 58.0. The standard InChI is InChI=1S/C30H42N4O4.C29H38N4O5.C28H36N4O4/c35-28(36)18-17-26(32-38)29-30(37)34(27-16-9-8-15-25(27)31-29)24-19-22-13-10-14-23(20-24)33(22)21-11-6-4-2-1-3-5-7-12-21;34-11-12-38-31-27(29(36)37)26-28(35)33(25-8-4-3-7-24(25)30-26)23-16-20-9-10-21(17-23)32(20)22-14-18-5-1-2-6-19(13-18)15-22;1-36-30-26(28(34)35)25-27(33)32(24-9-5-4-8-23(24)29-25)22-15-19-10-11-20(16-22)31(19)21-13-17-6-2-3-7-18(12-17)14-21/h8-9,15-16,21-24,38H,1-7,10-14,17-20H2,(H,35,36);3-4,7-8,18-23,34H,1-2,5-6,9-17H2,(H,36,37);4-5,8-9,17-22H,2-3,6-7,10-16H2,1H3,(H,34,35)/b32-26+;31-27-;30-26-/t22-,23+,24?;18-,19+,20-,21+,22?,23?;17-,18+,19-,20+,21?,22?. The summed E-state index contributed by atoms with van der Waals surface area (Å²) in [4.78, 5) is 108. The number of carbonyl (C=O) groups is 3. The third-order valence-electron chi connectivity index (χ3n) is 27.9. The van der Waals surface area contributed by atoms with Gasteiger partial charge < -0.3 is 49.0 Å². The first-order valence-electron chi connectivity index (χ1n) is 42.8. The number of hydrogen-bond donors (Lipinski definition) is 5. The minimum atomic E-state index is -1.39. The van der Waals surface area contributed by atoms with Gasteiger partial charge in [0.15, 0.2) is 17.1 Å². The van der Waals surface area contributed by atoms with E-state index in [0.717, 1.165) is 91.6 Å². The summed E-state index contributed by atoms with van der Waals surface area (Å²) in [5.41, 5.74) is 1.72. The molecule has 602 valence electrons. The fourth-order valence-electron chi connectivity index (χ4n) is 23.6. The van der Waals surface area contributed by atoms with Gasteiger partial charge >= 0.3 is 17.9 Å². The Hall–Kier alpha value is -8.26. The molecule has 25 heteroatoms. The molecule has 17 rings (SSSR count). The molecule has 5 aliphatic carbocycles. The van der Waals surface area contributed by atoms with Crippen molar-refractivity contribution >= 4 is 68.1 Å². The summed E-state index contributed by atoms with van der Waals surface area (Å²) in [6.45, 7) is -0.473. The molecular formula is C87H116N12O13. The number of carboxylic acid groups (broad SMARTS) is 3. The van der Waals surface area contributed by atoms with Gasteiger partial charge in [-0.3, -0.25) is 33.9 Å². The quantitative estimate of drug-likeness (QED) is 0.0231.